The fourth-order valence-electron chi connectivity index (χ4n) is 6.89. The van der Waals surface area contributed by atoms with Gasteiger partial charge in [-0.05, 0) is 77.2 Å². The van der Waals surface area contributed by atoms with E-state index >= 15 is 0 Å². The van der Waals surface area contributed by atoms with Crippen molar-refractivity contribution in [3.63, 3.8) is 0 Å². The summed E-state index contributed by atoms with van der Waals surface area (Å²) in [6, 6.07) is 39.5. The van der Waals surface area contributed by atoms with Gasteiger partial charge in [-0.2, -0.15) is 0 Å². The number of hydrogen-bond donors (Lipinski definition) is 0. The molecule has 0 spiro atoms. The van der Waals surface area contributed by atoms with E-state index < -0.39 is 8.07 Å². The van der Waals surface area contributed by atoms with Crippen LogP contribution in [0.2, 0.25) is 19.6 Å². The molecule has 2 nitrogen and oxygen atoms in total. The second-order valence-corrected chi connectivity index (χ2v) is 18.0. The monoisotopic (exact) mass is 757 g/mol. The van der Waals surface area contributed by atoms with Crippen LogP contribution < -0.4 is 5.19 Å². The summed E-state index contributed by atoms with van der Waals surface area (Å²) in [5, 5.41) is 1.56. The minimum absolute atomic E-state index is 0. The minimum atomic E-state index is -1.37. The van der Waals surface area contributed by atoms with Crippen LogP contribution in [-0.4, -0.2) is 18.0 Å². The van der Waals surface area contributed by atoms with Crippen molar-refractivity contribution >= 4 is 13.3 Å². The summed E-state index contributed by atoms with van der Waals surface area (Å²) in [5.74, 6) is 2.93. The summed E-state index contributed by atoms with van der Waals surface area (Å²) in [7, 11) is -1.37. The molecule has 2 aliphatic carbocycles. The molecular weight excluding hydrogens is 717 g/mol. The van der Waals surface area contributed by atoms with Gasteiger partial charge < -0.3 is 9.97 Å². The first-order valence-electron chi connectivity index (χ1n) is 15.4. The van der Waals surface area contributed by atoms with Crippen LogP contribution in [0.4, 0.5) is 0 Å². The number of pyridine rings is 2. The molecule has 3 atom stereocenters. The average Bonchev–Trinajstić information content (AvgIpc) is 3.66. The van der Waals surface area contributed by atoms with Gasteiger partial charge in [0.25, 0.3) is 0 Å². The Balaban J connectivity index is 0.000000174. The first-order valence-corrected chi connectivity index (χ1v) is 18.9. The van der Waals surface area contributed by atoms with Gasteiger partial charge in [-0.25, -0.2) is 0 Å². The fourth-order valence-corrected chi connectivity index (χ4v) is 8.48. The third-order valence-electron chi connectivity index (χ3n) is 9.00. The van der Waals surface area contributed by atoms with Gasteiger partial charge in [0.1, 0.15) is 0 Å². The van der Waals surface area contributed by atoms with Crippen LogP contribution in [0, 0.1) is 29.9 Å². The van der Waals surface area contributed by atoms with Crippen molar-refractivity contribution in [1.82, 2.24) is 9.97 Å². The second-order valence-electron chi connectivity index (χ2n) is 13.0. The molecule has 5 aromatic rings. The fraction of sp³-hybridized carbons (Fsp3) is 0.282. The Morgan fingerprint density at radius 2 is 1.40 bits per heavy atom. The van der Waals surface area contributed by atoms with E-state index in [4.69, 9.17) is 4.98 Å². The molecule has 0 aliphatic heterocycles. The third-order valence-corrected chi connectivity index (χ3v) is 11.1. The van der Waals surface area contributed by atoms with Crippen molar-refractivity contribution < 1.29 is 20.1 Å². The van der Waals surface area contributed by atoms with Crippen LogP contribution >= 0.6 is 0 Å². The Bertz CT molecular complexity index is 1540. The van der Waals surface area contributed by atoms with Crippen molar-refractivity contribution in [3.05, 3.63) is 127 Å². The van der Waals surface area contributed by atoms with E-state index in [0.29, 0.717) is 0 Å². The van der Waals surface area contributed by atoms with Crippen LogP contribution in [0.15, 0.2) is 109 Å². The van der Waals surface area contributed by atoms with Gasteiger partial charge in [0.2, 0.25) is 0 Å². The van der Waals surface area contributed by atoms with E-state index in [1.807, 2.05) is 66.9 Å². The van der Waals surface area contributed by atoms with E-state index in [-0.39, 0.29) is 20.1 Å². The number of nitrogens with zero attached hydrogens (tertiary/aromatic N) is 2. The average molecular weight is 757 g/mol. The summed E-state index contributed by atoms with van der Waals surface area (Å²) < 4.78 is 0. The topological polar surface area (TPSA) is 25.8 Å². The summed E-state index contributed by atoms with van der Waals surface area (Å²) in [6.07, 6.45) is 11.2. The molecule has 2 bridgehead atoms. The number of fused-ring (bicyclic) bond motifs is 2. The predicted octanol–water partition coefficient (Wildman–Crippen LogP) is 9.29. The first kappa shape index (κ1) is 31.3. The molecule has 3 aromatic carbocycles. The third kappa shape index (κ3) is 7.68. The maximum absolute atomic E-state index is 4.80. The van der Waals surface area contributed by atoms with Crippen molar-refractivity contribution in [2.75, 3.05) is 0 Å². The van der Waals surface area contributed by atoms with E-state index in [1.54, 1.807) is 10.8 Å². The Kier molecular flexibility index (Phi) is 10.2. The molecule has 7 rings (SSSR count). The Hall–Kier alpha value is -3.17. The zero-order valence-electron chi connectivity index (χ0n) is 25.4. The van der Waals surface area contributed by atoms with Gasteiger partial charge in [-0.3, -0.25) is 0 Å². The standard InChI is InChI=1S/C22H28NSi.C17H12N.Ir/c1-24(2,3)22-15-23-21(17-7-5-4-6-8-17)14-20(22)13-19-12-16-9-10-18(19)11-16;1-3-7-14(8-4-1)16-11-12-18-17(13-16)15-9-5-2-6-10-15;/h4-7,14-16,18-19H,9-13H2,1-3H3;1-9,11-13H;/q2*-1;. The number of hydrogen-bond acceptors (Lipinski definition) is 2. The van der Waals surface area contributed by atoms with Crippen LogP contribution in [0.3, 0.4) is 0 Å². The molecule has 221 valence electrons. The molecular formula is C39H40IrN2Si-2. The smallest absolute Gasteiger partial charge is 0.0798 e. The summed E-state index contributed by atoms with van der Waals surface area (Å²) in [5.41, 5.74) is 8.15. The quantitative estimate of drug-likeness (QED) is 0.128. The van der Waals surface area contributed by atoms with Gasteiger partial charge in [0.05, 0.1) is 8.07 Å². The van der Waals surface area contributed by atoms with Crippen LogP contribution in [-0.2, 0) is 26.5 Å². The van der Waals surface area contributed by atoms with Crippen LogP contribution in [0.1, 0.15) is 31.2 Å². The van der Waals surface area contributed by atoms with Gasteiger partial charge in [0.15, 0.2) is 0 Å². The number of benzene rings is 3. The molecule has 43 heavy (non-hydrogen) atoms. The van der Waals surface area contributed by atoms with E-state index in [0.717, 1.165) is 40.3 Å². The zero-order valence-corrected chi connectivity index (χ0v) is 28.8. The molecule has 1 radical (unpaired) electrons. The molecule has 2 fully saturated rings. The van der Waals surface area contributed by atoms with Gasteiger partial charge in [0, 0.05) is 32.5 Å². The summed E-state index contributed by atoms with van der Waals surface area (Å²) in [4.78, 5) is 9.21. The number of aromatic nitrogens is 2. The molecule has 2 aromatic heterocycles. The SMILES string of the molecule is C[Si](C)(C)c1cnc(-c2[c-]cccc2)cc1CC1CC2CCC1C2.[Ir].[c-]1ccccc1-c1cc(-c2ccccc2)ccn1. The van der Waals surface area contributed by atoms with E-state index in [2.05, 4.69) is 79.4 Å². The maximum atomic E-state index is 4.80. The molecule has 2 aliphatic rings. The zero-order chi connectivity index (χ0) is 28.9. The van der Waals surface area contributed by atoms with Gasteiger partial charge in [-0.1, -0.05) is 74.1 Å². The van der Waals surface area contributed by atoms with Crippen molar-refractivity contribution in [2.45, 2.75) is 51.7 Å². The molecule has 3 unspecified atom stereocenters. The Morgan fingerprint density at radius 3 is 1.98 bits per heavy atom. The predicted molar refractivity (Wildman–Crippen MR) is 178 cm³/mol. The largest absolute Gasteiger partial charge is 0.305 e. The van der Waals surface area contributed by atoms with Crippen LogP contribution in [0.5, 0.6) is 0 Å². The molecule has 0 N–H and O–H groups in total. The van der Waals surface area contributed by atoms with Crippen molar-refractivity contribution in [2.24, 2.45) is 17.8 Å². The van der Waals surface area contributed by atoms with Crippen molar-refractivity contribution in [3.8, 4) is 33.6 Å². The number of rotatable bonds is 6. The maximum Gasteiger partial charge on any atom is 0.0798 e. The minimum Gasteiger partial charge on any atom is -0.305 e. The van der Waals surface area contributed by atoms with E-state index in [1.165, 1.54) is 43.2 Å². The normalized spacial score (nSPS) is 18.8. The molecule has 4 heteroatoms. The molecule has 2 saturated carbocycles. The molecule has 0 amide bonds. The van der Waals surface area contributed by atoms with Gasteiger partial charge >= 0.3 is 0 Å². The molecule has 0 saturated heterocycles. The van der Waals surface area contributed by atoms with Crippen LogP contribution in [0.25, 0.3) is 33.6 Å². The Morgan fingerprint density at radius 1 is 0.721 bits per heavy atom. The van der Waals surface area contributed by atoms with E-state index in [9.17, 15) is 0 Å². The summed E-state index contributed by atoms with van der Waals surface area (Å²) in [6.45, 7) is 7.34. The molecule has 2 heterocycles. The van der Waals surface area contributed by atoms with Gasteiger partial charge in [-0.15, -0.1) is 71.8 Å². The van der Waals surface area contributed by atoms with Crippen molar-refractivity contribution in [1.29, 1.82) is 0 Å². The first-order chi connectivity index (χ1) is 20.4. The second kappa shape index (κ2) is 14.1. The Labute approximate surface area is 272 Å². The summed E-state index contributed by atoms with van der Waals surface area (Å²) >= 11 is 0.